The Morgan fingerprint density at radius 1 is 1.37 bits per heavy atom. The number of amides is 2. The van der Waals surface area contributed by atoms with E-state index in [-0.39, 0.29) is 11.8 Å². The number of methoxy groups -OCH3 is 1. The van der Waals surface area contributed by atoms with Crippen LogP contribution in [0.2, 0.25) is 5.02 Å². The van der Waals surface area contributed by atoms with Crippen LogP contribution >= 0.6 is 11.6 Å². The van der Waals surface area contributed by atoms with Crippen molar-refractivity contribution in [2.75, 3.05) is 25.6 Å². The minimum Gasteiger partial charge on any atom is -0.385 e. The number of carbonyl (C=O) groups is 2. The molecule has 1 aromatic rings. The van der Waals surface area contributed by atoms with E-state index in [1.807, 2.05) is 0 Å². The number of nitrogens with one attached hydrogen (secondary N) is 2. The van der Waals surface area contributed by atoms with Crippen molar-refractivity contribution >= 4 is 29.1 Å². The second kappa shape index (κ2) is 7.76. The molecule has 0 spiro atoms. The number of halogens is 1. The summed E-state index contributed by atoms with van der Waals surface area (Å²) in [5.41, 5.74) is 0.915. The van der Waals surface area contributed by atoms with E-state index in [4.69, 9.17) is 16.3 Å². The number of urea groups is 1. The molecule has 5 nitrogen and oxygen atoms in total. The first kappa shape index (κ1) is 15.5. The van der Waals surface area contributed by atoms with Crippen LogP contribution in [0.4, 0.5) is 10.5 Å². The first-order chi connectivity index (χ1) is 9.04. The van der Waals surface area contributed by atoms with E-state index < -0.39 is 0 Å². The monoisotopic (exact) mass is 284 g/mol. The summed E-state index contributed by atoms with van der Waals surface area (Å²) in [5, 5.41) is 5.66. The maximum Gasteiger partial charge on any atom is 0.319 e. The van der Waals surface area contributed by atoms with Crippen molar-refractivity contribution in [3.8, 4) is 0 Å². The lowest BCUT2D eigenvalue weighted by molar-refractivity contribution is 0.101. The molecule has 0 unspecified atom stereocenters. The maximum atomic E-state index is 11.6. The molecule has 6 heteroatoms. The third-order valence-corrected chi connectivity index (χ3v) is 2.76. The van der Waals surface area contributed by atoms with Gasteiger partial charge in [-0.05, 0) is 31.5 Å². The van der Waals surface area contributed by atoms with E-state index in [0.29, 0.717) is 29.4 Å². The van der Waals surface area contributed by atoms with Crippen molar-refractivity contribution in [3.05, 3.63) is 28.8 Å². The highest BCUT2D eigenvalue weighted by atomic mass is 35.5. The molecule has 0 radical (unpaired) electrons. The number of benzene rings is 1. The SMILES string of the molecule is COCCCNC(=O)Nc1cc(C(C)=O)ccc1Cl. The minimum atomic E-state index is -0.362. The van der Waals surface area contributed by atoms with Crippen LogP contribution in [0.5, 0.6) is 0 Å². The third-order valence-electron chi connectivity index (χ3n) is 2.43. The van der Waals surface area contributed by atoms with Crippen LogP contribution in [0.1, 0.15) is 23.7 Å². The van der Waals surface area contributed by atoms with Gasteiger partial charge < -0.3 is 15.4 Å². The van der Waals surface area contributed by atoms with Gasteiger partial charge in [0.2, 0.25) is 0 Å². The highest BCUT2D eigenvalue weighted by Gasteiger charge is 2.08. The van der Waals surface area contributed by atoms with Gasteiger partial charge in [0.05, 0.1) is 10.7 Å². The number of Topliss-reactive ketones (excluding diaryl/α,β-unsaturated/α-hetero) is 1. The van der Waals surface area contributed by atoms with E-state index in [1.165, 1.54) is 6.92 Å². The molecule has 0 saturated heterocycles. The quantitative estimate of drug-likeness (QED) is 0.623. The zero-order chi connectivity index (χ0) is 14.3. The molecular weight excluding hydrogens is 268 g/mol. The number of carbonyl (C=O) groups excluding carboxylic acids is 2. The Balaban J connectivity index is 2.58. The molecule has 2 amide bonds. The maximum absolute atomic E-state index is 11.6. The lowest BCUT2D eigenvalue weighted by Crippen LogP contribution is -2.30. The average Bonchev–Trinajstić information content (AvgIpc) is 2.37. The van der Waals surface area contributed by atoms with Gasteiger partial charge in [-0.2, -0.15) is 0 Å². The molecule has 0 aromatic heterocycles. The van der Waals surface area contributed by atoms with Crippen LogP contribution in [-0.4, -0.2) is 32.1 Å². The molecule has 0 fully saturated rings. The van der Waals surface area contributed by atoms with Crippen LogP contribution in [0.15, 0.2) is 18.2 Å². The Bertz CT molecular complexity index is 463. The molecule has 104 valence electrons. The van der Waals surface area contributed by atoms with Crippen molar-refractivity contribution in [3.63, 3.8) is 0 Å². The van der Waals surface area contributed by atoms with Gasteiger partial charge in [-0.25, -0.2) is 4.79 Å². The molecule has 0 heterocycles. The Morgan fingerprint density at radius 2 is 2.11 bits per heavy atom. The summed E-state index contributed by atoms with van der Waals surface area (Å²) < 4.78 is 4.87. The molecule has 1 aromatic carbocycles. The summed E-state index contributed by atoms with van der Waals surface area (Å²) >= 11 is 5.95. The number of rotatable bonds is 6. The predicted octanol–water partition coefficient (Wildman–Crippen LogP) is 2.70. The second-order valence-electron chi connectivity index (χ2n) is 3.98. The lowest BCUT2D eigenvalue weighted by Gasteiger charge is -2.09. The summed E-state index contributed by atoms with van der Waals surface area (Å²) in [6.07, 6.45) is 0.727. The summed E-state index contributed by atoms with van der Waals surface area (Å²) in [5.74, 6) is -0.0831. The number of anilines is 1. The Labute approximate surface area is 117 Å². The largest absolute Gasteiger partial charge is 0.385 e. The van der Waals surface area contributed by atoms with E-state index in [2.05, 4.69) is 10.6 Å². The van der Waals surface area contributed by atoms with Crippen LogP contribution in [-0.2, 0) is 4.74 Å². The van der Waals surface area contributed by atoms with Crippen LogP contribution < -0.4 is 10.6 Å². The number of hydrogen-bond donors (Lipinski definition) is 2. The molecule has 19 heavy (non-hydrogen) atoms. The van der Waals surface area contributed by atoms with Gasteiger partial charge in [-0.15, -0.1) is 0 Å². The van der Waals surface area contributed by atoms with Crippen molar-refractivity contribution in [2.45, 2.75) is 13.3 Å². The third kappa shape index (κ3) is 5.28. The van der Waals surface area contributed by atoms with E-state index in [0.717, 1.165) is 6.42 Å². The van der Waals surface area contributed by atoms with Crippen LogP contribution in [0, 0.1) is 0 Å². The highest BCUT2D eigenvalue weighted by Crippen LogP contribution is 2.23. The summed E-state index contributed by atoms with van der Waals surface area (Å²) in [7, 11) is 1.60. The Morgan fingerprint density at radius 3 is 2.74 bits per heavy atom. The molecule has 0 aliphatic heterocycles. The van der Waals surface area contributed by atoms with Crippen LogP contribution in [0.25, 0.3) is 0 Å². The van der Waals surface area contributed by atoms with Gasteiger partial charge in [0.25, 0.3) is 0 Å². The highest BCUT2D eigenvalue weighted by molar-refractivity contribution is 6.33. The van der Waals surface area contributed by atoms with Gasteiger partial charge in [0.1, 0.15) is 0 Å². The molecule has 0 aliphatic carbocycles. The fraction of sp³-hybridized carbons (Fsp3) is 0.385. The van der Waals surface area contributed by atoms with E-state index >= 15 is 0 Å². The summed E-state index contributed by atoms with van der Waals surface area (Å²) in [6.45, 7) is 2.54. The van der Waals surface area contributed by atoms with Crippen molar-refractivity contribution in [1.82, 2.24) is 5.32 Å². The Kier molecular flexibility index (Phi) is 6.32. The predicted molar refractivity (Wildman–Crippen MR) is 75.0 cm³/mol. The first-order valence-corrected chi connectivity index (χ1v) is 6.26. The fourth-order valence-corrected chi connectivity index (χ4v) is 1.59. The van der Waals surface area contributed by atoms with Gasteiger partial charge in [-0.3, -0.25) is 4.79 Å². The average molecular weight is 285 g/mol. The van der Waals surface area contributed by atoms with Gasteiger partial charge in [0, 0.05) is 25.8 Å². The molecule has 0 aliphatic rings. The summed E-state index contributed by atoms with van der Waals surface area (Å²) in [4.78, 5) is 22.9. The van der Waals surface area contributed by atoms with Crippen molar-refractivity contribution in [2.24, 2.45) is 0 Å². The zero-order valence-corrected chi connectivity index (χ0v) is 11.7. The van der Waals surface area contributed by atoms with E-state index in [9.17, 15) is 9.59 Å². The molecule has 1 rings (SSSR count). The number of hydrogen-bond acceptors (Lipinski definition) is 3. The van der Waals surface area contributed by atoms with Crippen molar-refractivity contribution < 1.29 is 14.3 Å². The lowest BCUT2D eigenvalue weighted by atomic mass is 10.1. The van der Waals surface area contributed by atoms with Gasteiger partial charge >= 0.3 is 6.03 Å². The molecular formula is C13H17ClN2O3. The zero-order valence-electron chi connectivity index (χ0n) is 11.0. The topological polar surface area (TPSA) is 67.4 Å². The van der Waals surface area contributed by atoms with Crippen molar-refractivity contribution in [1.29, 1.82) is 0 Å². The normalized spacial score (nSPS) is 10.1. The number of ketones is 1. The smallest absolute Gasteiger partial charge is 0.319 e. The fourth-order valence-electron chi connectivity index (χ4n) is 1.42. The molecule has 0 atom stereocenters. The van der Waals surface area contributed by atoms with Gasteiger partial charge in [-0.1, -0.05) is 11.6 Å². The van der Waals surface area contributed by atoms with E-state index in [1.54, 1.807) is 25.3 Å². The molecule has 0 bridgehead atoms. The second-order valence-corrected chi connectivity index (χ2v) is 4.39. The Hall–Kier alpha value is -1.59. The van der Waals surface area contributed by atoms with Gasteiger partial charge in [0.15, 0.2) is 5.78 Å². The first-order valence-electron chi connectivity index (χ1n) is 5.89. The number of ether oxygens (including phenoxy) is 1. The minimum absolute atomic E-state index is 0.0831. The van der Waals surface area contributed by atoms with Crippen LogP contribution in [0.3, 0.4) is 0 Å². The molecule has 0 saturated carbocycles. The standard InChI is InChI=1S/C13H17ClN2O3/c1-9(17)10-4-5-11(14)12(8-10)16-13(18)15-6-3-7-19-2/h4-5,8H,3,6-7H2,1-2H3,(H2,15,16,18). The summed E-state index contributed by atoms with van der Waals surface area (Å²) in [6, 6.07) is 4.39. The molecule has 2 N–H and O–H groups in total.